The van der Waals surface area contributed by atoms with E-state index in [-0.39, 0.29) is 0 Å². The lowest BCUT2D eigenvalue weighted by molar-refractivity contribution is 0.742. The van der Waals surface area contributed by atoms with Crippen LogP contribution in [0.2, 0.25) is 0 Å². The number of aryl methyl sites for hydroxylation is 1. The van der Waals surface area contributed by atoms with E-state index >= 15 is 0 Å². The first-order chi connectivity index (χ1) is 7.29. The van der Waals surface area contributed by atoms with Crippen molar-refractivity contribution in [1.29, 1.82) is 5.26 Å². The second-order valence-electron chi connectivity index (χ2n) is 3.60. The van der Waals surface area contributed by atoms with Crippen LogP contribution >= 0.6 is 0 Å². The topological polar surface area (TPSA) is 48.7 Å². The molecular weight excluding hydrogens is 186 g/mol. The van der Waals surface area contributed by atoms with Gasteiger partial charge in [-0.25, -0.2) is 4.98 Å². The lowest BCUT2D eigenvalue weighted by atomic mass is 10.1. The Labute approximate surface area is 91.1 Å². The van der Waals surface area contributed by atoms with Crippen LogP contribution in [0.15, 0.2) is 12.3 Å². The van der Waals surface area contributed by atoms with Crippen molar-refractivity contribution < 1.29 is 0 Å². The lowest BCUT2D eigenvalue weighted by Crippen LogP contribution is -2.05. The van der Waals surface area contributed by atoms with E-state index in [2.05, 4.69) is 23.3 Å². The van der Waals surface area contributed by atoms with Gasteiger partial charge in [0.05, 0.1) is 5.56 Å². The van der Waals surface area contributed by atoms with Crippen LogP contribution in [0.25, 0.3) is 0 Å². The molecule has 0 aliphatic heterocycles. The van der Waals surface area contributed by atoms with Crippen molar-refractivity contribution in [2.75, 3.05) is 11.9 Å². The van der Waals surface area contributed by atoms with Gasteiger partial charge in [0.25, 0.3) is 0 Å². The monoisotopic (exact) mass is 203 g/mol. The van der Waals surface area contributed by atoms with Crippen molar-refractivity contribution in [2.45, 2.75) is 33.1 Å². The zero-order valence-electron chi connectivity index (χ0n) is 9.38. The smallest absolute Gasteiger partial charge is 0.144 e. The van der Waals surface area contributed by atoms with Gasteiger partial charge in [0.2, 0.25) is 0 Å². The summed E-state index contributed by atoms with van der Waals surface area (Å²) in [5.41, 5.74) is 1.64. The van der Waals surface area contributed by atoms with Crippen LogP contribution in [0.5, 0.6) is 0 Å². The number of nitrogens with one attached hydrogen (secondary N) is 1. The quantitative estimate of drug-likeness (QED) is 0.748. The molecule has 1 aromatic heterocycles. The fourth-order valence-electron chi connectivity index (χ4n) is 1.42. The molecule has 0 amide bonds. The Morgan fingerprint density at radius 2 is 2.27 bits per heavy atom. The number of hydrogen-bond donors (Lipinski definition) is 1. The molecule has 80 valence electrons. The summed E-state index contributed by atoms with van der Waals surface area (Å²) in [6, 6.07) is 4.04. The summed E-state index contributed by atoms with van der Waals surface area (Å²) in [6.45, 7) is 4.99. The van der Waals surface area contributed by atoms with Crippen LogP contribution in [-0.4, -0.2) is 11.5 Å². The van der Waals surface area contributed by atoms with Crippen LogP contribution in [0.4, 0.5) is 5.82 Å². The third kappa shape index (κ3) is 3.25. The van der Waals surface area contributed by atoms with Gasteiger partial charge in [-0.05, 0) is 25.0 Å². The molecule has 1 N–H and O–H groups in total. The summed E-state index contributed by atoms with van der Waals surface area (Å²) >= 11 is 0. The Morgan fingerprint density at radius 3 is 2.93 bits per heavy atom. The summed E-state index contributed by atoms with van der Waals surface area (Å²) in [7, 11) is 0. The average Bonchev–Trinajstić information content (AvgIpc) is 2.24. The molecule has 3 heteroatoms. The molecule has 0 unspecified atom stereocenters. The van der Waals surface area contributed by atoms with Gasteiger partial charge in [0, 0.05) is 12.7 Å². The molecule has 1 heterocycles. The second kappa shape index (κ2) is 6.02. The van der Waals surface area contributed by atoms with Gasteiger partial charge < -0.3 is 5.32 Å². The van der Waals surface area contributed by atoms with E-state index in [9.17, 15) is 0 Å². The third-order valence-corrected chi connectivity index (χ3v) is 2.34. The molecule has 0 spiro atoms. The SMILES string of the molecule is CCCCCNc1nccc(C)c1C#N. The van der Waals surface area contributed by atoms with Crippen LogP contribution in [0, 0.1) is 18.3 Å². The van der Waals surface area contributed by atoms with E-state index in [4.69, 9.17) is 5.26 Å². The minimum absolute atomic E-state index is 0.661. The van der Waals surface area contributed by atoms with Crippen molar-refractivity contribution in [3.05, 3.63) is 23.4 Å². The highest BCUT2D eigenvalue weighted by Crippen LogP contribution is 2.14. The highest BCUT2D eigenvalue weighted by molar-refractivity contribution is 5.55. The molecule has 0 saturated carbocycles. The van der Waals surface area contributed by atoms with Crippen molar-refractivity contribution >= 4 is 5.82 Å². The largest absolute Gasteiger partial charge is 0.369 e. The first kappa shape index (κ1) is 11.5. The standard InChI is InChI=1S/C12H17N3/c1-3-4-5-7-14-12-11(9-13)10(2)6-8-15-12/h6,8H,3-5,7H2,1-2H3,(H,14,15). The van der Waals surface area contributed by atoms with Crippen molar-refractivity contribution in [3.8, 4) is 6.07 Å². The minimum Gasteiger partial charge on any atom is -0.369 e. The predicted molar refractivity (Wildman–Crippen MR) is 61.7 cm³/mol. The Kier molecular flexibility index (Phi) is 4.62. The number of nitriles is 1. The number of unbranched alkanes of at least 4 members (excludes halogenated alkanes) is 2. The fraction of sp³-hybridized carbons (Fsp3) is 0.500. The number of anilines is 1. The molecule has 3 nitrogen and oxygen atoms in total. The average molecular weight is 203 g/mol. The van der Waals surface area contributed by atoms with Gasteiger partial charge in [0.15, 0.2) is 0 Å². The van der Waals surface area contributed by atoms with Gasteiger partial charge >= 0.3 is 0 Å². The van der Waals surface area contributed by atoms with E-state index < -0.39 is 0 Å². The van der Waals surface area contributed by atoms with Gasteiger partial charge in [-0.1, -0.05) is 19.8 Å². The first-order valence-electron chi connectivity index (χ1n) is 5.39. The third-order valence-electron chi connectivity index (χ3n) is 2.34. The maximum atomic E-state index is 8.97. The van der Waals surface area contributed by atoms with Gasteiger partial charge in [-0.2, -0.15) is 5.26 Å². The highest BCUT2D eigenvalue weighted by atomic mass is 15.0. The summed E-state index contributed by atoms with van der Waals surface area (Å²) in [4.78, 5) is 4.17. The highest BCUT2D eigenvalue weighted by Gasteiger charge is 2.04. The Hall–Kier alpha value is -1.56. The first-order valence-corrected chi connectivity index (χ1v) is 5.39. The van der Waals surface area contributed by atoms with Crippen molar-refractivity contribution in [2.24, 2.45) is 0 Å². The van der Waals surface area contributed by atoms with Gasteiger partial charge in [-0.15, -0.1) is 0 Å². The summed E-state index contributed by atoms with van der Waals surface area (Å²) < 4.78 is 0. The molecule has 0 saturated heterocycles. The molecule has 0 radical (unpaired) electrons. The second-order valence-corrected chi connectivity index (χ2v) is 3.60. The number of hydrogen-bond acceptors (Lipinski definition) is 3. The van der Waals surface area contributed by atoms with Gasteiger partial charge in [-0.3, -0.25) is 0 Å². The van der Waals surface area contributed by atoms with Crippen LogP contribution in [0.1, 0.15) is 37.3 Å². The summed E-state index contributed by atoms with van der Waals surface area (Å²) in [5.74, 6) is 0.716. The van der Waals surface area contributed by atoms with Gasteiger partial charge in [0.1, 0.15) is 11.9 Å². The normalized spacial score (nSPS) is 9.67. The van der Waals surface area contributed by atoms with E-state index in [0.29, 0.717) is 11.4 Å². The van der Waals surface area contributed by atoms with Crippen LogP contribution < -0.4 is 5.32 Å². The van der Waals surface area contributed by atoms with Crippen LogP contribution in [0.3, 0.4) is 0 Å². The Bertz CT molecular complexity index is 352. The molecule has 15 heavy (non-hydrogen) atoms. The minimum atomic E-state index is 0.661. The lowest BCUT2D eigenvalue weighted by Gasteiger charge is -2.07. The molecule has 0 aromatic carbocycles. The molecule has 1 aromatic rings. The van der Waals surface area contributed by atoms with E-state index in [1.807, 2.05) is 13.0 Å². The molecule has 0 bridgehead atoms. The zero-order valence-corrected chi connectivity index (χ0v) is 9.38. The van der Waals surface area contributed by atoms with Crippen molar-refractivity contribution in [3.63, 3.8) is 0 Å². The summed E-state index contributed by atoms with van der Waals surface area (Å²) in [6.07, 6.45) is 5.27. The summed E-state index contributed by atoms with van der Waals surface area (Å²) in [5, 5.41) is 12.2. The Balaban J connectivity index is 2.61. The number of rotatable bonds is 5. The van der Waals surface area contributed by atoms with Crippen LogP contribution in [-0.2, 0) is 0 Å². The molecular formula is C12H17N3. The molecule has 0 aliphatic carbocycles. The molecule has 0 fully saturated rings. The van der Waals surface area contributed by atoms with E-state index in [1.165, 1.54) is 12.8 Å². The molecule has 0 atom stereocenters. The maximum absolute atomic E-state index is 8.97. The molecule has 0 aliphatic rings. The fourth-order valence-corrected chi connectivity index (χ4v) is 1.42. The number of nitrogens with zero attached hydrogens (tertiary/aromatic N) is 2. The Morgan fingerprint density at radius 1 is 1.47 bits per heavy atom. The predicted octanol–water partition coefficient (Wildman–Crippen LogP) is 2.86. The molecule has 1 rings (SSSR count). The number of pyridine rings is 1. The zero-order chi connectivity index (χ0) is 11.1. The van der Waals surface area contributed by atoms with E-state index in [1.54, 1.807) is 6.20 Å². The van der Waals surface area contributed by atoms with Crippen molar-refractivity contribution in [1.82, 2.24) is 4.98 Å². The maximum Gasteiger partial charge on any atom is 0.144 e. The number of aromatic nitrogens is 1. The van der Waals surface area contributed by atoms with E-state index in [0.717, 1.165) is 18.5 Å².